The quantitative estimate of drug-likeness (QED) is 0.693. The van der Waals surface area contributed by atoms with E-state index in [1.807, 2.05) is 0 Å². The fourth-order valence-electron chi connectivity index (χ4n) is 5.42. The van der Waals surface area contributed by atoms with Crippen molar-refractivity contribution in [2.75, 3.05) is 4.90 Å². The molecule has 4 aliphatic carbocycles. The van der Waals surface area contributed by atoms with Gasteiger partial charge in [0.15, 0.2) is 0 Å². The van der Waals surface area contributed by atoms with E-state index in [1.54, 1.807) is 18.2 Å². The standard InChI is InChI=1S/C17H15BrClNO2/c18-12-4-1-7(5-13(12)19)20-16(21)14-8-2-3-9(11-6-10(8)11)15(14)17(20)22/h1,4-5,8-11,14-15H,2-3,6H2/t8-,9+,10+,11-,14-,15+. The van der Waals surface area contributed by atoms with Gasteiger partial charge in [0.05, 0.1) is 22.5 Å². The summed E-state index contributed by atoms with van der Waals surface area (Å²) in [4.78, 5) is 27.3. The summed E-state index contributed by atoms with van der Waals surface area (Å²) in [6.45, 7) is 0. The van der Waals surface area contributed by atoms with Gasteiger partial charge in [0.1, 0.15) is 0 Å². The Morgan fingerprint density at radius 2 is 1.59 bits per heavy atom. The van der Waals surface area contributed by atoms with E-state index >= 15 is 0 Å². The number of rotatable bonds is 1. The van der Waals surface area contributed by atoms with Crippen molar-refractivity contribution in [3.8, 4) is 0 Å². The molecular weight excluding hydrogens is 366 g/mol. The number of benzene rings is 1. The molecule has 0 radical (unpaired) electrons. The summed E-state index contributed by atoms with van der Waals surface area (Å²) in [5, 5.41) is 0.527. The monoisotopic (exact) mass is 379 g/mol. The molecule has 6 atom stereocenters. The maximum atomic E-state index is 13.0. The van der Waals surface area contributed by atoms with E-state index in [9.17, 15) is 9.59 Å². The molecule has 1 aromatic rings. The molecule has 5 heteroatoms. The highest BCUT2D eigenvalue weighted by molar-refractivity contribution is 9.10. The van der Waals surface area contributed by atoms with Gasteiger partial charge in [-0.05, 0) is 77.1 Å². The van der Waals surface area contributed by atoms with Crippen LogP contribution in [-0.4, -0.2) is 11.8 Å². The van der Waals surface area contributed by atoms with E-state index in [0.29, 0.717) is 34.4 Å². The molecule has 2 bridgehead atoms. The minimum atomic E-state index is -0.0718. The van der Waals surface area contributed by atoms with Crippen LogP contribution in [0.4, 0.5) is 5.69 Å². The van der Waals surface area contributed by atoms with Gasteiger partial charge in [-0.15, -0.1) is 0 Å². The van der Waals surface area contributed by atoms with Gasteiger partial charge in [-0.2, -0.15) is 0 Å². The average Bonchev–Trinajstić information content (AvgIpc) is 3.28. The predicted octanol–water partition coefficient (Wildman–Crippen LogP) is 3.88. The molecule has 0 N–H and O–H groups in total. The molecule has 1 aliphatic heterocycles. The lowest BCUT2D eigenvalue weighted by Gasteiger charge is -2.42. The zero-order valence-electron chi connectivity index (χ0n) is 11.8. The zero-order chi connectivity index (χ0) is 15.2. The van der Waals surface area contributed by atoms with Gasteiger partial charge in [-0.1, -0.05) is 11.6 Å². The van der Waals surface area contributed by atoms with Crippen molar-refractivity contribution < 1.29 is 9.59 Å². The van der Waals surface area contributed by atoms with Crippen molar-refractivity contribution >= 4 is 45.0 Å². The van der Waals surface area contributed by atoms with E-state index in [4.69, 9.17) is 11.6 Å². The molecule has 5 aliphatic rings. The molecule has 3 nitrogen and oxygen atoms in total. The van der Waals surface area contributed by atoms with Gasteiger partial charge >= 0.3 is 0 Å². The molecule has 2 amide bonds. The molecule has 1 heterocycles. The Balaban J connectivity index is 1.57. The molecule has 0 aromatic heterocycles. The molecule has 22 heavy (non-hydrogen) atoms. The van der Waals surface area contributed by atoms with Crippen molar-refractivity contribution in [3.63, 3.8) is 0 Å². The number of hydrogen-bond acceptors (Lipinski definition) is 2. The van der Waals surface area contributed by atoms with E-state index < -0.39 is 0 Å². The second kappa shape index (κ2) is 4.35. The van der Waals surface area contributed by atoms with Crippen molar-refractivity contribution in [1.82, 2.24) is 0 Å². The lowest BCUT2D eigenvalue weighted by atomic mass is 9.59. The second-order valence-electron chi connectivity index (χ2n) is 7.13. The minimum Gasteiger partial charge on any atom is -0.274 e. The van der Waals surface area contributed by atoms with Crippen molar-refractivity contribution in [2.24, 2.45) is 35.5 Å². The van der Waals surface area contributed by atoms with Gasteiger partial charge in [0.2, 0.25) is 11.8 Å². The fourth-order valence-corrected chi connectivity index (χ4v) is 5.84. The molecule has 1 saturated heterocycles. The topological polar surface area (TPSA) is 37.4 Å². The van der Waals surface area contributed by atoms with Gasteiger partial charge in [-0.3, -0.25) is 9.59 Å². The SMILES string of the molecule is O=C1[C@@H]2[C@@H]3CC[C@@H]([C@H]4C[C@H]43)[C@@H]2C(=O)N1c1ccc(Br)c(Cl)c1. The summed E-state index contributed by atoms with van der Waals surface area (Å²) in [6.07, 6.45) is 3.49. The molecule has 4 saturated carbocycles. The Kier molecular flexibility index (Phi) is 2.68. The first-order valence-electron chi connectivity index (χ1n) is 7.91. The van der Waals surface area contributed by atoms with Crippen LogP contribution in [0.25, 0.3) is 0 Å². The largest absolute Gasteiger partial charge is 0.274 e. The number of hydrogen-bond donors (Lipinski definition) is 0. The Labute approximate surface area is 142 Å². The molecule has 114 valence electrons. The number of anilines is 1. The number of halogens is 2. The van der Waals surface area contributed by atoms with Crippen molar-refractivity contribution in [2.45, 2.75) is 19.3 Å². The van der Waals surface area contributed by atoms with Crippen LogP contribution in [0.15, 0.2) is 22.7 Å². The lowest BCUT2D eigenvalue weighted by Crippen LogP contribution is -2.43. The first kappa shape index (κ1) is 13.6. The molecule has 0 spiro atoms. The summed E-state index contributed by atoms with van der Waals surface area (Å²) in [6, 6.07) is 5.30. The van der Waals surface area contributed by atoms with E-state index in [-0.39, 0.29) is 23.7 Å². The molecular formula is C17H15BrClNO2. The van der Waals surface area contributed by atoms with E-state index in [0.717, 1.165) is 17.3 Å². The predicted molar refractivity (Wildman–Crippen MR) is 86.4 cm³/mol. The highest BCUT2D eigenvalue weighted by Gasteiger charge is 2.68. The minimum absolute atomic E-state index is 0.00781. The number of amides is 2. The van der Waals surface area contributed by atoms with Gasteiger partial charge in [0.25, 0.3) is 0 Å². The van der Waals surface area contributed by atoms with E-state index in [1.165, 1.54) is 11.3 Å². The summed E-state index contributed by atoms with van der Waals surface area (Å²) in [5.74, 6) is 2.17. The molecule has 0 unspecified atom stereocenters. The summed E-state index contributed by atoms with van der Waals surface area (Å²) in [7, 11) is 0. The second-order valence-corrected chi connectivity index (χ2v) is 8.39. The third kappa shape index (κ3) is 1.58. The number of imide groups is 1. The van der Waals surface area contributed by atoms with Crippen LogP contribution in [0.5, 0.6) is 0 Å². The van der Waals surface area contributed by atoms with Crippen LogP contribution < -0.4 is 4.90 Å². The zero-order valence-corrected chi connectivity index (χ0v) is 14.2. The van der Waals surface area contributed by atoms with Crippen molar-refractivity contribution in [3.05, 3.63) is 27.7 Å². The number of carbonyl (C=O) groups is 2. The van der Waals surface area contributed by atoms with Crippen LogP contribution in [-0.2, 0) is 9.59 Å². The Hall–Kier alpha value is -0.870. The number of nitrogens with zero attached hydrogens (tertiary/aromatic N) is 1. The first-order chi connectivity index (χ1) is 10.6. The Morgan fingerprint density at radius 1 is 1.00 bits per heavy atom. The van der Waals surface area contributed by atoms with Gasteiger partial charge in [0, 0.05) is 4.47 Å². The maximum Gasteiger partial charge on any atom is 0.237 e. The van der Waals surface area contributed by atoms with Crippen LogP contribution in [0, 0.1) is 35.5 Å². The van der Waals surface area contributed by atoms with E-state index in [2.05, 4.69) is 15.9 Å². The fraction of sp³-hybridized carbons (Fsp3) is 0.529. The third-order valence-electron chi connectivity index (χ3n) is 6.31. The highest BCUT2D eigenvalue weighted by atomic mass is 79.9. The molecule has 6 rings (SSSR count). The van der Waals surface area contributed by atoms with Crippen LogP contribution >= 0.6 is 27.5 Å². The summed E-state index contributed by atoms with van der Waals surface area (Å²) < 4.78 is 0.774. The van der Waals surface area contributed by atoms with Crippen molar-refractivity contribution in [1.29, 1.82) is 0 Å². The van der Waals surface area contributed by atoms with Crippen LogP contribution in [0.1, 0.15) is 19.3 Å². The smallest absolute Gasteiger partial charge is 0.237 e. The Morgan fingerprint density at radius 3 is 2.14 bits per heavy atom. The maximum absolute atomic E-state index is 13.0. The summed E-state index contributed by atoms with van der Waals surface area (Å²) >= 11 is 9.50. The number of carbonyl (C=O) groups excluding carboxylic acids is 2. The highest BCUT2D eigenvalue weighted by Crippen LogP contribution is 2.68. The van der Waals surface area contributed by atoms with Crippen LogP contribution in [0.2, 0.25) is 5.02 Å². The molecule has 1 aromatic carbocycles. The number of fused-ring (bicyclic) bond motifs is 1. The average molecular weight is 381 g/mol. The van der Waals surface area contributed by atoms with Gasteiger partial charge in [-0.25, -0.2) is 4.90 Å². The summed E-state index contributed by atoms with van der Waals surface area (Å²) in [5.41, 5.74) is 0.616. The first-order valence-corrected chi connectivity index (χ1v) is 9.08. The van der Waals surface area contributed by atoms with Gasteiger partial charge < -0.3 is 0 Å². The molecule has 5 fully saturated rings. The Bertz CT molecular complexity index is 687. The van der Waals surface area contributed by atoms with Crippen LogP contribution in [0.3, 0.4) is 0 Å². The lowest BCUT2D eigenvalue weighted by molar-refractivity contribution is -0.129. The normalized spacial score (nSPS) is 41.6. The third-order valence-corrected chi connectivity index (χ3v) is 7.54.